The molecule has 1 aromatic heterocycles. The minimum Gasteiger partial charge on any atom is -0.392 e. The van der Waals surface area contributed by atoms with Crippen LogP contribution in [-0.2, 0) is 4.74 Å². The summed E-state index contributed by atoms with van der Waals surface area (Å²) in [6, 6.07) is 0.582. The summed E-state index contributed by atoms with van der Waals surface area (Å²) < 4.78 is 5.53. The molecule has 1 aromatic rings. The maximum absolute atomic E-state index is 10.6. The van der Waals surface area contributed by atoms with Crippen molar-refractivity contribution >= 4 is 5.82 Å². The van der Waals surface area contributed by atoms with Gasteiger partial charge in [0, 0.05) is 51.6 Å². The Bertz CT molecular complexity index is 624. The number of hydrogen-bond donors (Lipinski definition) is 1. The van der Waals surface area contributed by atoms with Gasteiger partial charge >= 0.3 is 0 Å². The van der Waals surface area contributed by atoms with Crippen LogP contribution in [0, 0.1) is 19.3 Å². The Morgan fingerprint density at radius 2 is 1.92 bits per heavy atom. The number of aromatic nitrogens is 2. The third-order valence-electron chi connectivity index (χ3n) is 6.53. The number of aliphatic hydroxyl groups is 1. The van der Waals surface area contributed by atoms with Gasteiger partial charge in [-0.05, 0) is 51.4 Å². The van der Waals surface area contributed by atoms with Crippen LogP contribution in [0.25, 0.3) is 0 Å². The number of ether oxygens (including phenoxy) is 1. The zero-order chi connectivity index (χ0) is 18.1. The van der Waals surface area contributed by atoms with Crippen molar-refractivity contribution in [1.29, 1.82) is 0 Å². The number of β-amino-alcohol motifs (C(OH)–C–C–N with tert-alkyl or cyclic N) is 1. The summed E-state index contributed by atoms with van der Waals surface area (Å²) in [5, 5.41) is 10.6. The van der Waals surface area contributed by atoms with Crippen LogP contribution in [0.2, 0.25) is 0 Å². The maximum atomic E-state index is 10.6. The Hall–Kier alpha value is -1.24. The van der Waals surface area contributed by atoms with Crippen molar-refractivity contribution in [2.24, 2.45) is 5.41 Å². The van der Waals surface area contributed by atoms with Gasteiger partial charge in [-0.2, -0.15) is 0 Å². The van der Waals surface area contributed by atoms with Crippen LogP contribution in [-0.4, -0.2) is 71.5 Å². The molecular formula is C20H32N4O2. The number of aryl methyl sites for hydroxylation is 2. The average molecular weight is 361 g/mol. The Morgan fingerprint density at radius 1 is 1.19 bits per heavy atom. The van der Waals surface area contributed by atoms with Crippen molar-refractivity contribution in [1.82, 2.24) is 14.9 Å². The number of piperidine rings is 2. The van der Waals surface area contributed by atoms with Crippen molar-refractivity contribution < 1.29 is 9.84 Å². The first-order valence-electron chi connectivity index (χ1n) is 10.1. The molecule has 144 valence electrons. The van der Waals surface area contributed by atoms with E-state index in [9.17, 15) is 5.11 Å². The topological polar surface area (TPSA) is 61.7 Å². The first kappa shape index (κ1) is 18.1. The lowest BCUT2D eigenvalue weighted by atomic mass is 9.71. The number of aliphatic hydroxyl groups excluding tert-OH is 1. The highest BCUT2D eigenvalue weighted by atomic mass is 16.5. The average Bonchev–Trinajstić information content (AvgIpc) is 2.65. The fourth-order valence-electron chi connectivity index (χ4n) is 5.10. The predicted octanol–water partition coefficient (Wildman–Crippen LogP) is 1.93. The lowest BCUT2D eigenvalue weighted by Gasteiger charge is -2.51. The van der Waals surface area contributed by atoms with Crippen LogP contribution in [0.5, 0.6) is 0 Å². The zero-order valence-electron chi connectivity index (χ0n) is 16.2. The standard InChI is InChI=1S/C20H32N4O2/c1-15-12-21-16(2)19(22-15)23-7-5-20(6-8-23)11-18(25)13-24(14-20)17-3-9-26-10-4-17/h12,17-18,25H,3-11,13-14H2,1-2H3. The van der Waals surface area contributed by atoms with Crippen LogP contribution in [0.1, 0.15) is 43.5 Å². The molecule has 1 unspecified atom stereocenters. The Balaban J connectivity index is 1.44. The number of anilines is 1. The molecule has 3 aliphatic heterocycles. The second kappa shape index (κ2) is 7.41. The SMILES string of the molecule is Cc1cnc(C)c(N2CCC3(CC2)CC(O)CN(C2CCOCC2)C3)n1. The first-order valence-corrected chi connectivity index (χ1v) is 10.1. The number of likely N-dealkylation sites (tertiary alicyclic amines) is 1. The van der Waals surface area contributed by atoms with E-state index in [0.717, 1.165) is 88.7 Å². The molecule has 0 bridgehead atoms. The van der Waals surface area contributed by atoms with E-state index in [0.29, 0.717) is 6.04 Å². The van der Waals surface area contributed by atoms with E-state index in [2.05, 4.69) is 14.8 Å². The fraction of sp³-hybridized carbons (Fsp3) is 0.800. The summed E-state index contributed by atoms with van der Waals surface area (Å²) in [4.78, 5) is 14.2. The summed E-state index contributed by atoms with van der Waals surface area (Å²) in [6.45, 7) is 9.75. The smallest absolute Gasteiger partial charge is 0.150 e. The summed E-state index contributed by atoms with van der Waals surface area (Å²) in [5.41, 5.74) is 2.24. The Kier molecular flexibility index (Phi) is 5.17. The molecule has 3 aliphatic rings. The Morgan fingerprint density at radius 3 is 2.65 bits per heavy atom. The number of rotatable bonds is 2. The summed E-state index contributed by atoms with van der Waals surface area (Å²) >= 11 is 0. The highest BCUT2D eigenvalue weighted by Crippen LogP contribution is 2.42. The molecule has 0 aromatic carbocycles. The molecule has 4 rings (SSSR count). The van der Waals surface area contributed by atoms with Gasteiger partial charge in [0.25, 0.3) is 0 Å². The second-order valence-corrected chi connectivity index (χ2v) is 8.54. The zero-order valence-corrected chi connectivity index (χ0v) is 16.2. The van der Waals surface area contributed by atoms with E-state index in [-0.39, 0.29) is 11.5 Å². The monoisotopic (exact) mass is 360 g/mol. The van der Waals surface area contributed by atoms with Gasteiger partial charge in [-0.25, -0.2) is 4.98 Å². The van der Waals surface area contributed by atoms with Gasteiger partial charge < -0.3 is 14.7 Å². The quantitative estimate of drug-likeness (QED) is 0.870. The molecule has 3 fully saturated rings. The predicted molar refractivity (Wildman–Crippen MR) is 101 cm³/mol. The molecule has 0 radical (unpaired) electrons. The van der Waals surface area contributed by atoms with E-state index >= 15 is 0 Å². The third kappa shape index (κ3) is 3.73. The van der Waals surface area contributed by atoms with E-state index in [1.165, 1.54) is 0 Å². The molecule has 4 heterocycles. The van der Waals surface area contributed by atoms with Gasteiger partial charge in [0.15, 0.2) is 0 Å². The molecule has 1 N–H and O–H groups in total. The van der Waals surface area contributed by atoms with Gasteiger partial charge in [0.05, 0.1) is 17.5 Å². The molecule has 0 saturated carbocycles. The minimum atomic E-state index is -0.196. The number of nitrogens with zero attached hydrogens (tertiary/aromatic N) is 4. The highest BCUT2D eigenvalue weighted by Gasteiger charge is 2.43. The van der Waals surface area contributed by atoms with Crippen molar-refractivity contribution in [3.05, 3.63) is 17.6 Å². The highest BCUT2D eigenvalue weighted by molar-refractivity contribution is 5.43. The van der Waals surface area contributed by atoms with Crippen LogP contribution in [0.15, 0.2) is 6.20 Å². The first-order chi connectivity index (χ1) is 12.5. The van der Waals surface area contributed by atoms with Crippen LogP contribution in [0.4, 0.5) is 5.82 Å². The van der Waals surface area contributed by atoms with Crippen LogP contribution >= 0.6 is 0 Å². The molecule has 1 atom stereocenters. The van der Waals surface area contributed by atoms with Crippen molar-refractivity contribution in [2.75, 3.05) is 44.3 Å². The van der Waals surface area contributed by atoms with E-state index in [1.54, 1.807) is 0 Å². The molecular weight excluding hydrogens is 328 g/mol. The molecule has 6 nitrogen and oxygen atoms in total. The second-order valence-electron chi connectivity index (χ2n) is 8.54. The molecule has 6 heteroatoms. The third-order valence-corrected chi connectivity index (χ3v) is 6.53. The molecule has 3 saturated heterocycles. The van der Waals surface area contributed by atoms with Gasteiger partial charge in [-0.1, -0.05) is 0 Å². The van der Waals surface area contributed by atoms with Crippen molar-refractivity contribution in [3.8, 4) is 0 Å². The van der Waals surface area contributed by atoms with Crippen molar-refractivity contribution in [3.63, 3.8) is 0 Å². The molecule has 0 amide bonds. The van der Waals surface area contributed by atoms with Gasteiger partial charge in [-0.3, -0.25) is 9.88 Å². The lowest BCUT2D eigenvalue weighted by molar-refractivity contribution is -0.0602. The van der Waals surface area contributed by atoms with Gasteiger partial charge in [-0.15, -0.1) is 0 Å². The largest absolute Gasteiger partial charge is 0.392 e. The van der Waals surface area contributed by atoms with E-state index in [1.807, 2.05) is 20.0 Å². The minimum absolute atomic E-state index is 0.196. The molecule has 26 heavy (non-hydrogen) atoms. The fourth-order valence-corrected chi connectivity index (χ4v) is 5.10. The van der Waals surface area contributed by atoms with Gasteiger partial charge in [0.1, 0.15) is 5.82 Å². The molecule has 0 aliphatic carbocycles. The summed E-state index contributed by atoms with van der Waals surface area (Å²) in [7, 11) is 0. The van der Waals surface area contributed by atoms with E-state index < -0.39 is 0 Å². The Labute approximate surface area is 156 Å². The van der Waals surface area contributed by atoms with Crippen LogP contribution in [0.3, 0.4) is 0 Å². The van der Waals surface area contributed by atoms with E-state index in [4.69, 9.17) is 9.72 Å². The normalized spacial score (nSPS) is 27.8. The maximum Gasteiger partial charge on any atom is 0.150 e. The summed E-state index contributed by atoms with van der Waals surface area (Å²) in [5.74, 6) is 1.04. The van der Waals surface area contributed by atoms with Crippen LogP contribution < -0.4 is 4.90 Å². The van der Waals surface area contributed by atoms with Gasteiger partial charge in [0.2, 0.25) is 0 Å². The lowest BCUT2D eigenvalue weighted by Crippen LogP contribution is -2.57. The molecule has 1 spiro atoms. The summed E-state index contributed by atoms with van der Waals surface area (Å²) in [6.07, 6.45) is 7.04. The van der Waals surface area contributed by atoms with Crippen molar-refractivity contribution in [2.45, 2.75) is 58.1 Å². The number of hydrogen-bond acceptors (Lipinski definition) is 6.